The predicted octanol–water partition coefficient (Wildman–Crippen LogP) is 10.8. The number of esters is 2. The SMILES string of the molecule is CCCCCC=CCC=CCC=CCC=CCCCC(=O)OC[C@H](CO)OC(=O)CCCCCCCC=CCCCCCC. The van der Waals surface area contributed by atoms with Crippen molar-refractivity contribution in [3.63, 3.8) is 0 Å². The van der Waals surface area contributed by atoms with Crippen LogP contribution in [-0.4, -0.2) is 36.4 Å². The molecule has 0 bridgehead atoms. The molecule has 1 atom stereocenters. The minimum Gasteiger partial charge on any atom is -0.462 e. The molecule has 0 aliphatic rings. The fraction of sp³-hybridized carbons (Fsp3) is 0.692. The van der Waals surface area contributed by atoms with Crippen LogP contribution in [0.2, 0.25) is 0 Å². The molecule has 0 amide bonds. The van der Waals surface area contributed by atoms with Gasteiger partial charge >= 0.3 is 11.9 Å². The quantitative estimate of drug-likeness (QED) is 0.0478. The smallest absolute Gasteiger partial charge is 0.306 e. The van der Waals surface area contributed by atoms with Gasteiger partial charge in [-0.1, -0.05) is 126 Å². The van der Waals surface area contributed by atoms with Crippen LogP contribution in [0.5, 0.6) is 0 Å². The first-order valence-electron chi connectivity index (χ1n) is 17.8. The minimum atomic E-state index is -0.797. The predicted molar refractivity (Wildman–Crippen MR) is 187 cm³/mol. The molecule has 44 heavy (non-hydrogen) atoms. The zero-order valence-corrected chi connectivity index (χ0v) is 28.4. The highest BCUT2D eigenvalue weighted by Crippen LogP contribution is 2.10. The molecule has 0 aromatic carbocycles. The summed E-state index contributed by atoms with van der Waals surface area (Å²) in [6, 6.07) is 0. The van der Waals surface area contributed by atoms with Crippen molar-refractivity contribution in [1.29, 1.82) is 0 Å². The monoisotopic (exact) mass is 614 g/mol. The average molecular weight is 615 g/mol. The molecule has 0 fully saturated rings. The molecule has 0 aliphatic heterocycles. The van der Waals surface area contributed by atoms with Gasteiger partial charge in [0, 0.05) is 12.8 Å². The van der Waals surface area contributed by atoms with Gasteiger partial charge in [-0.3, -0.25) is 9.59 Å². The van der Waals surface area contributed by atoms with E-state index in [0.29, 0.717) is 19.3 Å². The first-order valence-corrected chi connectivity index (χ1v) is 17.8. The lowest BCUT2D eigenvalue weighted by Gasteiger charge is -2.15. The normalized spacial score (nSPS) is 12.9. The molecule has 0 aromatic heterocycles. The summed E-state index contributed by atoms with van der Waals surface area (Å²) in [7, 11) is 0. The van der Waals surface area contributed by atoms with Gasteiger partial charge in [0.05, 0.1) is 6.61 Å². The maximum Gasteiger partial charge on any atom is 0.306 e. The average Bonchev–Trinajstić information content (AvgIpc) is 3.02. The first-order chi connectivity index (χ1) is 21.6. The van der Waals surface area contributed by atoms with Crippen LogP contribution in [0.3, 0.4) is 0 Å². The summed E-state index contributed by atoms with van der Waals surface area (Å²) < 4.78 is 10.5. The molecule has 0 aromatic rings. The Bertz CT molecular complexity index is 792. The molecule has 1 N–H and O–H groups in total. The van der Waals surface area contributed by atoms with E-state index in [0.717, 1.165) is 51.4 Å². The van der Waals surface area contributed by atoms with Gasteiger partial charge in [-0.2, -0.15) is 0 Å². The van der Waals surface area contributed by atoms with Crippen molar-refractivity contribution >= 4 is 11.9 Å². The third kappa shape index (κ3) is 32.5. The van der Waals surface area contributed by atoms with Gasteiger partial charge in [0.1, 0.15) is 6.61 Å². The Hall–Kier alpha value is -2.40. The fourth-order valence-corrected chi connectivity index (χ4v) is 4.54. The lowest BCUT2D eigenvalue weighted by atomic mass is 10.1. The second-order valence-corrected chi connectivity index (χ2v) is 11.6. The largest absolute Gasteiger partial charge is 0.462 e. The third-order valence-electron chi connectivity index (χ3n) is 7.28. The van der Waals surface area contributed by atoms with Crippen molar-refractivity contribution in [3.05, 3.63) is 60.8 Å². The second kappa shape index (κ2) is 35.1. The highest BCUT2D eigenvalue weighted by molar-refractivity contribution is 5.70. The zero-order chi connectivity index (χ0) is 32.2. The summed E-state index contributed by atoms with van der Waals surface area (Å²) in [6.07, 6.45) is 44.2. The van der Waals surface area contributed by atoms with E-state index < -0.39 is 6.10 Å². The van der Waals surface area contributed by atoms with Crippen LogP contribution >= 0.6 is 0 Å². The Kier molecular flexibility index (Phi) is 33.2. The van der Waals surface area contributed by atoms with Gasteiger partial charge in [0.15, 0.2) is 6.10 Å². The number of rotatable bonds is 31. The lowest BCUT2D eigenvalue weighted by molar-refractivity contribution is -0.161. The van der Waals surface area contributed by atoms with Crippen molar-refractivity contribution in [3.8, 4) is 0 Å². The van der Waals surface area contributed by atoms with E-state index in [1.54, 1.807) is 0 Å². The van der Waals surface area contributed by atoms with E-state index in [4.69, 9.17) is 9.47 Å². The number of hydrogen-bond acceptors (Lipinski definition) is 5. The Balaban J connectivity index is 3.72. The summed E-state index contributed by atoms with van der Waals surface area (Å²) in [5.74, 6) is -0.673. The number of carbonyl (C=O) groups is 2. The number of allylic oxidation sites excluding steroid dienone is 10. The van der Waals surface area contributed by atoms with Gasteiger partial charge in [0.25, 0.3) is 0 Å². The van der Waals surface area contributed by atoms with Crippen LogP contribution in [0.1, 0.15) is 155 Å². The summed E-state index contributed by atoms with van der Waals surface area (Å²) >= 11 is 0. The number of aliphatic hydroxyl groups is 1. The number of ether oxygens (including phenoxy) is 2. The van der Waals surface area contributed by atoms with Gasteiger partial charge < -0.3 is 14.6 Å². The highest BCUT2D eigenvalue weighted by atomic mass is 16.6. The molecular weight excluding hydrogens is 548 g/mol. The summed E-state index contributed by atoms with van der Waals surface area (Å²) in [4.78, 5) is 24.1. The molecule has 0 saturated heterocycles. The van der Waals surface area contributed by atoms with E-state index in [9.17, 15) is 14.7 Å². The molecule has 0 rings (SSSR count). The molecule has 0 radical (unpaired) electrons. The van der Waals surface area contributed by atoms with E-state index in [1.807, 2.05) is 0 Å². The Morgan fingerprint density at radius 2 is 0.932 bits per heavy atom. The fourth-order valence-electron chi connectivity index (χ4n) is 4.54. The number of carbonyl (C=O) groups excluding carboxylic acids is 2. The molecule has 0 saturated carbocycles. The maximum atomic E-state index is 12.1. The summed E-state index contributed by atoms with van der Waals surface area (Å²) in [5.41, 5.74) is 0. The molecule has 5 heteroatoms. The molecular formula is C39H66O5. The molecule has 252 valence electrons. The number of unbranched alkanes of at least 4 members (excludes halogenated alkanes) is 13. The van der Waals surface area contributed by atoms with Crippen molar-refractivity contribution in [2.24, 2.45) is 0 Å². The molecule has 5 nitrogen and oxygen atoms in total. The minimum absolute atomic E-state index is 0.0997. The van der Waals surface area contributed by atoms with E-state index in [-0.39, 0.29) is 25.2 Å². The molecule has 0 aliphatic carbocycles. The number of aliphatic hydroxyl groups excluding tert-OH is 1. The van der Waals surface area contributed by atoms with Gasteiger partial charge in [-0.15, -0.1) is 0 Å². The van der Waals surface area contributed by atoms with E-state index in [2.05, 4.69) is 74.6 Å². The van der Waals surface area contributed by atoms with Crippen LogP contribution in [-0.2, 0) is 19.1 Å². The Morgan fingerprint density at radius 1 is 0.523 bits per heavy atom. The van der Waals surface area contributed by atoms with Crippen LogP contribution in [0.4, 0.5) is 0 Å². The molecule has 0 heterocycles. The van der Waals surface area contributed by atoms with Crippen LogP contribution in [0, 0.1) is 0 Å². The van der Waals surface area contributed by atoms with Gasteiger partial charge in [-0.25, -0.2) is 0 Å². The Morgan fingerprint density at radius 3 is 1.50 bits per heavy atom. The lowest BCUT2D eigenvalue weighted by Crippen LogP contribution is -2.28. The Labute approximate surface area is 271 Å². The standard InChI is InChI=1S/C39H66O5/c1-3-5-7-9-11-13-15-17-18-19-20-22-23-25-27-29-31-33-38(41)43-36-37(35-40)44-39(42)34-32-30-28-26-24-21-16-14-12-10-8-6-4-2/h11,13-14,16-18,20,22,25,27,37,40H,3-10,12,15,19,21,23-24,26,28-36H2,1-2H3/t37-/m0/s1. The van der Waals surface area contributed by atoms with Crippen molar-refractivity contribution in [1.82, 2.24) is 0 Å². The van der Waals surface area contributed by atoms with Crippen LogP contribution in [0.25, 0.3) is 0 Å². The zero-order valence-electron chi connectivity index (χ0n) is 28.4. The van der Waals surface area contributed by atoms with Gasteiger partial charge in [-0.05, 0) is 77.0 Å². The molecule has 0 unspecified atom stereocenters. The van der Waals surface area contributed by atoms with Crippen molar-refractivity contribution in [2.75, 3.05) is 13.2 Å². The maximum absolute atomic E-state index is 12.1. The highest BCUT2D eigenvalue weighted by Gasteiger charge is 2.15. The number of hydrogen-bond donors (Lipinski definition) is 1. The van der Waals surface area contributed by atoms with Crippen LogP contribution in [0.15, 0.2) is 60.8 Å². The summed E-state index contributed by atoms with van der Waals surface area (Å²) in [6.45, 7) is 4.02. The van der Waals surface area contributed by atoms with Gasteiger partial charge in [0.2, 0.25) is 0 Å². The summed E-state index contributed by atoms with van der Waals surface area (Å²) in [5, 5.41) is 9.51. The second-order valence-electron chi connectivity index (χ2n) is 11.6. The van der Waals surface area contributed by atoms with Crippen molar-refractivity contribution < 1.29 is 24.2 Å². The topological polar surface area (TPSA) is 72.8 Å². The van der Waals surface area contributed by atoms with E-state index in [1.165, 1.54) is 70.6 Å². The first kappa shape index (κ1) is 41.6. The molecule has 0 spiro atoms. The van der Waals surface area contributed by atoms with Crippen molar-refractivity contribution in [2.45, 2.75) is 161 Å². The third-order valence-corrected chi connectivity index (χ3v) is 7.28. The van der Waals surface area contributed by atoms with Crippen LogP contribution < -0.4 is 0 Å². The van der Waals surface area contributed by atoms with E-state index >= 15 is 0 Å².